The lowest BCUT2D eigenvalue weighted by molar-refractivity contribution is -0.134. The van der Waals surface area contributed by atoms with Gasteiger partial charge in [0.2, 0.25) is 5.91 Å². The number of hydrogen-bond acceptors (Lipinski definition) is 2. The molecule has 0 bridgehead atoms. The number of hydrogen-bond donors (Lipinski definition) is 0. The average molecular weight is 326 g/mol. The average Bonchev–Trinajstić information content (AvgIpc) is 2.36. The monoisotopic (exact) mass is 325 g/mol. The van der Waals surface area contributed by atoms with E-state index in [4.69, 9.17) is 4.74 Å². The van der Waals surface area contributed by atoms with E-state index in [1.165, 1.54) is 6.42 Å². The summed E-state index contributed by atoms with van der Waals surface area (Å²) in [6.45, 7) is 0.799. The van der Waals surface area contributed by atoms with Gasteiger partial charge in [0.15, 0.2) is 0 Å². The lowest BCUT2D eigenvalue weighted by Gasteiger charge is -2.37. The minimum atomic E-state index is 0.220. The van der Waals surface area contributed by atoms with Crippen LogP contribution in [0.4, 0.5) is 0 Å². The summed E-state index contributed by atoms with van der Waals surface area (Å²) in [6.07, 6.45) is 4.00. The standard InChI is InChI=1S/C15H20BrNO2/c1-19-14-7-2-4-12(10-14)11-15(18)17(9-8-16)13-5-3-6-13/h2,4,7,10,13H,3,5-6,8-9,11H2,1H3. The normalized spacial score (nSPS) is 14.8. The second kappa shape index (κ2) is 6.94. The van der Waals surface area contributed by atoms with Crippen LogP contribution in [0.2, 0.25) is 0 Å². The van der Waals surface area contributed by atoms with E-state index >= 15 is 0 Å². The highest BCUT2D eigenvalue weighted by Crippen LogP contribution is 2.25. The maximum absolute atomic E-state index is 12.4. The molecule has 0 aromatic heterocycles. The Hall–Kier alpha value is -1.03. The number of carbonyl (C=O) groups excluding carboxylic acids is 1. The fourth-order valence-corrected chi connectivity index (χ4v) is 2.74. The molecule has 1 saturated carbocycles. The zero-order valence-corrected chi connectivity index (χ0v) is 12.9. The van der Waals surface area contributed by atoms with Gasteiger partial charge in [-0.3, -0.25) is 4.79 Å². The number of alkyl halides is 1. The lowest BCUT2D eigenvalue weighted by Crippen LogP contribution is -2.45. The second-order valence-electron chi connectivity index (χ2n) is 4.89. The molecule has 0 N–H and O–H groups in total. The van der Waals surface area contributed by atoms with Gasteiger partial charge in [0.1, 0.15) is 5.75 Å². The van der Waals surface area contributed by atoms with E-state index in [-0.39, 0.29) is 5.91 Å². The third-order valence-electron chi connectivity index (χ3n) is 3.65. The van der Waals surface area contributed by atoms with Crippen LogP contribution in [0, 0.1) is 0 Å². The zero-order valence-electron chi connectivity index (χ0n) is 11.3. The number of nitrogens with zero attached hydrogens (tertiary/aromatic N) is 1. The van der Waals surface area contributed by atoms with E-state index in [1.807, 2.05) is 29.2 Å². The maximum atomic E-state index is 12.4. The summed E-state index contributed by atoms with van der Waals surface area (Å²) in [7, 11) is 1.65. The van der Waals surface area contributed by atoms with Gasteiger partial charge in [-0.05, 0) is 37.0 Å². The fraction of sp³-hybridized carbons (Fsp3) is 0.533. The molecule has 104 valence electrons. The van der Waals surface area contributed by atoms with Crippen molar-refractivity contribution in [2.24, 2.45) is 0 Å². The van der Waals surface area contributed by atoms with Gasteiger partial charge in [0.25, 0.3) is 0 Å². The highest BCUT2D eigenvalue weighted by molar-refractivity contribution is 9.09. The first kappa shape index (κ1) is 14.4. The van der Waals surface area contributed by atoms with Crippen molar-refractivity contribution in [3.8, 4) is 5.75 Å². The highest BCUT2D eigenvalue weighted by atomic mass is 79.9. The lowest BCUT2D eigenvalue weighted by atomic mass is 9.91. The van der Waals surface area contributed by atoms with Crippen LogP contribution in [-0.4, -0.2) is 35.8 Å². The Morgan fingerprint density at radius 3 is 2.84 bits per heavy atom. The number of halogens is 1. The van der Waals surface area contributed by atoms with Crippen molar-refractivity contribution >= 4 is 21.8 Å². The minimum Gasteiger partial charge on any atom is -0.497 e. The van der Waals surface area contributed by atoms with Crippen LogP contribution in [0.5, 0.6) is 5.75 Å². The Bertz CT molecular complexity index is 432. The van der Waals surface area contributed by atoms with Gasteiger partial charge in [0.05, 0.1) is 13.5 Å². The number of ether oxygens (including phenoxy) is 1. The first-order chi connectivity index (χ1) is 9.24. The van der Waals surface area contributed by atoms with Gasteiger partial charge >= 0.3 is 0 Å². The molecule has 3 nitrogen and oxygen atoms in total. The smallest absolute Gasteiger partial charge is 0.227 e. The van der Waals surface area contributed by atoms with Gasteiger partial charge in [-0.1, -0.05) is 28.1 Å². The highest BCUT2D eigenvalue weighted by Gasteiger charge is 2.28. The summed E-state index contributed by atoms with van der Waals surface area (Å²) in [5.74, 6) is 1.03. The molecule has 0 unspecified atom stereocenters. The molecule has 19 heavy (non-hydrogen) atoms. The number of amides is 1. The maximum Gasteiger partial charge on any atom is 0.227 e. The number of benzene rings is 1. The van der Waals surface area contributed by atoms with Crippen LogP contribution in [0.25, 0.3) is 0 Å². The van der Waals surface area contributed by atoms with E-state index in [0.717, 1.165) is 36.0 Å². The molecule has 4 heteroatoms. The Morgan fingerprint density at radius 1 is 1.47 bits per heavy atom. The number of rotatable bonds is 6. The van der Waals surface area contributed by atoms with E-state index in [2.05, 4.69) is 15.9 Å². The molecule has 0 saturated heterocycles. The minimum absolute atomic E-state index is 0.220. The summed E-state index contributed by atoms with van der Waals surface area (Å²) in [6, 6.07) is 8.20. The zero-order chi connectivity index (χ0) is 13.7. The van der Waals surface area contributed by atoms with E-state index in [1.54, 1.807) is 7.11 Å². The summed E-state index contributed by atoms with van der Waals surface area (Å²) in [5.41, 5.74) is 1.02. The molecular formula is C15H20BrNO2. The molecule has 1 aliphatic rings. The predicted molar refractivity (Wildman–Crippen MR) is 79.8 cm³/mol. The third kappa shape index (κ3) is 3.72. The van der Waals surface area contributed by atoms with Gasteiger partial charge in [0, 0.05) is 17.9 Å². The Balaban J connectivity index is 2.00. The largest absolute Gasteiger partial charge is 0.497 e. The molecule has 0 atom stereocenters. The first-order valence-corrected chi connectivity index (χ1v) is 7.85. The van der Waals surface area contributed by atoms with Crippen LogP contribution in [0.1, 0.15) is 24.8 Å². The second-order valence-corrected chi connectivity index (χ2v) is 5.68. The predicted octanol–water partition coefficient (Wildman–Crippen LogP) is 3.01. The van der Waals surface area contributed by atoms with Crippen LogP contribution in [0.3, 0.4) is 0 Å². The van der Waals surface area contributed by atoms with Crippen molar-refractivity contribution in [2.45, 2.75) is 31.7 Å². The molecule has 1 aliphatic carbocycles. The van der Waals surface area contributed by atoms with Gasteiger partial charge < -0.3 is 9.64 Å². The van der Waals surface area contributed by atoms with Crippen LogP contribution >= 0.6 is 15.9 Å². The number of methoxy groups -OCH3 is 1. The summed E-state index contributed by atoms with van der Waals surface area (Å²) in [5, 5.41) is 0.841. The third-order valence-corrected chi connectivity index (χ3v) is 4.01. The first-order valence-electron chi connectivity index (χ1n) is 6.73. The van der Waals surface area contributed by atoms with Crippen LogP contribution in [0.15, 0.2) is 24.3 Å². The summed E-state index contributed by atoms with van der Waals surface area (Å²) >= 11 is 3.43. The molecule has 1 fully saturated rings. The van der Waals surface area contributed by atoms with Crippen LogP contribution < -0.4 is 4.74 Å². The quantitative estimate of drug-likeness (QED) is 0.752. The van der Waals surface area contributed by atoms with Crippen molar-refractivity contribution in [3.63, 3.8) is 0 Å². The van der Waals surface area contributed by atoms with Crippen molar-refractivity contribution in [1.29, 1.82) is 0 Å². The molecule has 1 aromatic carbocycles. The van der Waals surface area contributed by atoms with Crippen LogP contribution in [-0.2, 0) is 11.2 Å². The Kier molecular flexibility index (Phi) is 5.25. The molecule has 2 rings (SSSR count). The molecule has 0 radical (unpaired) electrons. The Labute approximate surface area is 123 Å². The van der Waals surface area contributed by atoms with Crippen molar-refractivity contribution in [3.05, 3.63) is 29.8 Å². The van der Waals surface area contributed by atoms with Crippen molar-refractivity contribution < 1.29 is 9.53 Å². The summed E-state index contributed by atoms with van der Waals surface area (Å²) in [4.78, 5) is 14.4. The van der Waals surface area contributed by atoms with E-state index < -0.39 is 0 Å². The summed E-state index contributed by atoms with van der Waals surface area (Å²) < 4.78 is 5.19. The van der Waals surface area contributed by atoms with E-state index in [0.29, 0.717) is 12.5 Å². The van der Waals surface area contributed by atoms with E-state index in [9.17, 15) is 4.79 Å². The molecule has 1 amide bonds. The molecular weight excluding hydrogens is 306 g/mol. The number of carbonyl (C=O) groups is 1. The van der Waals surface area contributed by atoms with Gasteiger partial charge in [-0.2, -0.15) is 0 Å². The topological polar surface area (TPSA) is 29.5 Å². The molecule has 0 spiro atoms. The fourth-order valence-electron chi connectivity index (χ4n) is 2.36. The van der Waals surface area contributed by atoms with Crippen molar-refractivity contribution in [1.82, 2.24) is 4.90 Å². The van der Waals surface area contributed by atoms with Gasteiger partial charge in [-0.15, -0.1) is 0 Å². The molecule has 1 aromatic rings. The molecule has 0 heterocycles. The SMILES string of the molecule is COc1cccc(CC(=O)N(CCBr)C2CCC2)c1. The Morgan fingerprint density at radius 2 is 2.26 bits per heavy atom. The van der Waals surface area contributed by atoms with Gasteiger partial charge in [-0.25, -0.2) is 0 Å². The molecule has 0 aliphatic heterocycles. The van der Waals surface area contributed by atoms with Crippen molar-refractivity contribution in [2.75, 3.05) is 19.0 Å².